The Labute approximate surface area is 217 Å². The number of aliphatic imine (C=N–C) groups is 1. The van der Waals surface area contributed by atoms with Crippen molar-refractivity contribution < 1.29 is 27.5 Å². The number of unbranched alkanes of at least 4 members (excludes halogenated alkanes) is 1. The number of H-pyrrole nitrogens is 1. The first-order valence-electron chi connectivity index (χ1n) is 11.8. The topological polar surface area (TPSA) is 121 Å². The highest BCUT2D eigenvalue weighted by Crippen LogP contribution is 2.29. The van der Waals surface area contributed by atoms with Gasteiger partial charge in [-0.2, -0.15) is 13.2 Å². The fourth-order valence-corrected chi connectivity index (χ4v) is 3.33. The first-order chi connectivity index (χ1) is 18.1. The number of amidine groups is 1. The number of carbonyl (C=O) groups is 2. The lowest BCUT2D eigenvalue weighted by atomic mass is 10.2. The summed E-state index contributed by atoms with van der Waals surface area (Å²) in [6.07, 6.45) is 1.24. The molecule has 0 saturated carbocycles. The third kappa shape index (κ3) is 7.51. The fourth-order valence-electron chi connectivity index (χ4n) is 3.33. The van der Waals surface area contributed by atoms with Crippen LogP contribution in [-0.4, -0.2) is 39.3 Å². The van der Waals surface area contributed by atoms with E-state index in [2.05, 4.69) is 30.6 Å². The van der Waals surface area contributed by atoms with Crippen LogP contribution in [0.1, 0.15) is 61.1 Å². The Hall–Kier alpha value is -4.48. The summed E-state index contributed by atoms with van der Waals surface area (Å²) in [5, 5.41) is 5.66. The molecular formula is C26H27F3N6O3. The summed E-state index contributed by atoms with van der Waals surface area (Å²) in [5.74, 6) is -0.555. The molecule has 9 nitrogen and oxygen atoms in total. The van der Waals surface area contributed by atoms with Crippen LogP contribution >= 0.6 is 0 Å². The zero-order chi connectivity index (χ0) is 27.7. The maximum atomic E-state index is 13.4. The van der Waals surface area contributed by atoms with Crippen molar-refractivity contribution in [1.82, 2.24) is 15.0 Å². The number of halogens is 3. The molecule has 0 aliphatic heterocycles. The number of alkyl halides is 3. The van der Waals surface area contributed by atoms with Crippen LogP contribution in [0.25, 0.3) is 5.70 Å². The largest absolute Gasteiger partial charge is 0.462 e. The lowest BCUT2D eigenvalue weighted by molar-refractivity contribution is -0.141. The highest BCUT2D eigenvalue weighted by Gasteiger charge is 2.32. The van der Waals surface area contributed by atoms with E-state index in [0.29, 0.717) is 18.5 Å². The van der Waals surface area contributed by atoms with Crippen LogP contribution < -0.4 is 10.6 Å². The summed E-state index contributed by atoms with van der Waals surface area (Å²) in [4.78, 5) is 39.5. The van der Waals surface area contributed by atoms with E-state index in [9.17, 15) is 22.8 Å². The molecule has 0 aliphatic rings. The summed E-state index contributed by atoms with van der Waals surface area (Å²) >= 11 is 0. The van der Waals surface area contributed by atoms with Crippen LogP contribution in [0.15, 0.2) is 59.9 Å². The van der Waals surface area contributed by atoms with Gasteiger partial charge >= 0.3 is 12.1 Å². The monoisotopic (exact) mass is 528 g/mol. The molecule has 0 bridgehead atoms. The summed E-state index contributed by atoms with van der Waals surface area (Å²) in [6.45, 7) is 5.07. The summed E-state index contributed by atoms with van der Waals surface area (Å²) in [5.41, 5.74) is -0.0229. The van der Waals surface area contributed by atoms with Crippen LogP contribution in [0.5, 0.6) is 0 Å². The molecule has 3 N–H and O–H groups in total. The molecule has 1 amide bonds. The molecule has 0 radical (unpaired) electrons. The lowest BCUT2D eigenvalue weighted by Gasteiger charge is -2.14. The number of aromatic nitrogens is 3. The Morgan fingerprint density at radius 2 is 1.95 bits per heavy atom. The standard InChI is InChI=1S/C26H27F3N6O3/c1-4-6-8-20(19-9-7-10-21(34-19)26(27,28)29)35-24(23-18(12-14-31-23)25(37)38-5-2)33-17-11-13-30-22(15-17)32-16(3)36/h7-15,31H,4-6H2,1-3H3,(H2,30,32,33,35,36)/b20-8+. The molecule has 3 aromatic heterocycles. The van der Waals surface area contributed by atoms with Crippen LogP contribution in [-0.2, 0) is 15.7 Å². The first-order valence-corrected chi connectivity index (χ1v) is 11.8. The van der Waals surface area contributed by atoms with Gasteiger partial charge in [0.1, 0.15) is 11.5 Å². The number of anilines is 2. The summed E-state index contributed by atoms with van der Waals surface area (Å²) in [7, 11) is 0. The Morgan fingerprint density at radius 3 is 2.63 bits per heavy atom. The predicted octanol–water partition coefficient (Wildman–Crippen LogP) is 5.66. The van der Waals surface area contributed by atoms with E-state index < -0.39 is 17.8 Å². The number of hydrogen-bond donors (Lipinski definition) is 3. The van der Waals surface area contributed by atoms with Gasteiger partial charge in [0.2, 0.25) is 5.91 Å². The minimum atomic E-state index is -4.63. The van der Waals surface area contributed by atoms with Gasteiger partial charge in [0.15, 0.2) is 5.84 Å². The number of carbonyl (C=O) groups excluding carboxylic acids is 2. The minimum absolute atomic E-state index is 0.00507. The second kappa shape index (κ2) is 12.7. The van der Waals surface area contributed by atoms with Crippen molar-refractivity contribution in [3.8, 4) is 0 Å². The number of ether oxygens (including phenoxy) is 1. The Morgan fingerprint density at radius 1 is 1.16 bits per heavy atom. The number of nitrogens with zero attached hydrogens (tertiary/aromatic N) is 3. The molecular weight excluding hydrogens is 501 g/mol. The van der Waals surface area contributed by atoms with Gasteiger partial charge in [-0.15, -0.1) is 0 Å². The second-order valence-corrected chi connectivity index (χ2v) is 7.97. The van der Waals surface area contributed by atoms with Gasteiger partial charge in [-0.25, -0.2) is 19.8 Å². The molecule has 0 fully saturated rings. The lowest BCUT2D eigenvalue weighted by Crippen LogP contribution is -2.19. The van der Waals surface area contributed by atoms with Crippen molar-refractivity contribution in [3.63, 3.8) is 0 Å². The van der Waals surface area contributed by atoms with Gasteiger partial charge in [-0.05, 0) is 37.6 Å². The van der Waals surface area contributed by atoms with E-state index >= 15 is 0 Å². The van der Waals surface area contributed by atoms with Gasteiger partial charge in [0, 0.05) is 31.1 Å². The summed E-state index contributed by atoms with van der Waals surface area (Å²) < 4.78 is 45.3. The van der Waals surface area contributed by atoms with Crippen molar-refractivity contribution in [2.75, 3.05) is 17.2 Å². The number of aromatic amines is 1. The van der Waals surface area contributed by atoms with E-state index in [4.69, 9.17) is 4.74 Å². The molecule has 3 heterocycles. The Bertz CT molecular complexity index is 1350. The average Bonchev–Trinajstić information content (AvgIpc) is 3.35. The number of pyridine rings is 2. The first kappa shape index (κ1) is 28.1. The normalized spacial score (nSPS) is 12.3. The van der Waals surface area contributed by atoms with Gasteiger partial charge in [0.25, 0.3) is 0 Å². The summed E-state index contributed by atoms with van der Waals surface area (Å²) in [6, 6.07) is 8.23. The number of allylic oxidation sites excluding steroid dienone is 1. The van der Waals surface area contributed by atoms with Crippen molar-refractivity contribution >= 4 is 34.9 Å². The third-order valence-corrected chi connectivity index (χ3v) is 4.97. The molecule has 0 saturated heterocycles. The molecule has 0 unspecified atom stereocenters. The molecule has 0 aliphatic carbocycles. The maximum Gasteiger partial charge on any atom is 0.433 e. The van der Waals surface area contributed by atoms with Crippen LogP contribution in [0.3, 0.4) is 0 Å². The van der Waals surface area contributed by atoms with Gasteiger partial charge in [-0.3, -0.25) is 4.79 Å². The smallest absolute Gasteiger partial charge is 0.433 e. The van der Waals surface area contributed by atoms with E-state index in [1.54, 1.807) is 25.1 Å². The molecule has 12 heteroatoms. The van der Waals surface area contributed by atoms with Crippen molar-refractivity contribution in [1.29, 1.82) is 0 Å². The maximum absolute atomic E-state index is 13.4. The van der Waals surface area contributed by atoms with Gasteiger partial charge < -0.3 is 20.4 Å². The number of amides is 1. The molecule has 3 aromatic rings. The minimum Gasteiger partial charge on any atom is -0.462 e. The second-order valence-electron chi connectivity index (χ2n) is 7.97. The van der Waals surface area contributed by atoms with E-state index in [-0.39, 0.29) is 46.8 Å². The number of esters is 1. The molecule has 38 heavy (non-hydrogen) atoms. The zero-order valence-corrected chi connectivity index (χ0v) is 21.0. The average molecular weight is 529 g/mol. The van der Waals surface area contributed by atoms with Crippen LogP contribution in [0.4, 0.5) is 24.7 Å². The molecule has 3 rings (SSSR count). The van der Waals surface area contributed by atoms with Crippen LogP contribution in [0, 0.1) is 0 Å². The van der Waals surface area contributed by atoms with Gasteiger partial charge in [0.05, 0.1) is 29.3 Å². The van der Waals surface area contributed by atoms with E-state index in [1.165, 1.54) is 37.5 Å². The predicted molar refractivity (Wildman–Crippen MR) is 138 cm³/mol. The van der Waals surface area contributed by atoms with Gasteiger partial charge in [-0.1, -0.05) is 25.5 Å². The zero-order valence-electron chi connectivity index (χ0n) is 21.0. The van der Waals surface area contributed by atoms with Crippen molar-refractivity contribution in [2.24, 2.45) is 4.99 Å². The van der Waals surface area contributed by atoms with Crippen molar-refractivity contribution in [2.45, 2.75) is 39.8 Å². The molecule has 0 spiro atoms. The highest BCUT2D eigenvalue weighted by atomic mass is 19.4. The third-order valence-electron chi connectivity index (χ3n) is 4.97. The highest BCUT2D eigenvalue weighted by molar-refractivity contribution is 6.14. The Kier molecular flexibility index (Phi) is 9.36. The number of nitrogens with one attached hydrogen (secondary N) is 3. The number of rotatable bonds is 9. The molecule has 0 atom stereocenters. The molecule has 0 aromatic carbocycles. The van der Waals surface area contributed by atoms with E-state index in [1.807, 2.05) is 6.92 Å². The molecule has 200 valence electrons. The van der Waals surface area contributed by atoms with Crippen LogP contribution in [0.2, 0.25) is 0 Å². The van der Waals surface area contributed by atoms with E-state index in [0.717, 1.165) is 6.07 Å². The Balaban J connectivity index is 2.16. The van der Waals surface area contributed by atoms with Crippen molar-refractivity contribution in [3.05, 3.63) is 77.5 Å². The number of hydrogen-bond acceptors (Lipinski definition) is 6. The fraction of sp³-hybridized carbons (Fsp3) is 0.269. The quantitative estimate of drug-likeness (QED) is 0.187. The SMILES string of the molecule is CCC/C=C(/N=C(Nc1ccnc(NC(C)=O)c1)c1[nH]ccc1C(=O)OCC)c1cccc(C(F)(F)F)n1.